The van der Waals surface area contributed by atoms with Gasteiger partial charge in [-0.1, -0.05) is 6.07 Å². The Hall–Kier alpha value is -2.08. The number of aromatic hydroxyl groups is 1. The Balaban J connectivity index is 1.80. The van der Waals surface area contributed by atoms with E-state index in [2.05, 4.69) is 27.0 Å². The minimum atomic E-state index is 0.192. The maximum Gasteiger partial charge on any atom is 0.266 e. The highest BCUT2D eigenvalue weighted by Gasteiger charge is 2.19. The molecule has 0 aliphatic carbocycles. The summed E-state index contributed by atoms with van der Waals surface area (Å²) >= 11 is 0. The fourth-order valence-corrected chi connectivity index (χ4v) is 2.11. The Labute approximate surface area is 111 Å². The molecule has 19 heavy (non-hydrogen) atoms. The highest BCUT2D eigenvalue weighted by molar-refractivity contribution is 5.56. The van der Waals surface area contributed by atoms with Gasteiger partial charge in [-0.3, -0.25) is 0 Å². The molecule has 100 valence electrons. The van der Waals surface area contributed by atoms with Crippen LogP contribution in [-0.2, 0) is 0 Å². The van der Waals surface area contributed by atoms with Crippen molar-refractivity contribution in [1.29, 1.82) is 0 Å². The van der Waals surface area contributed by atoms with Crippen LogP contribution in [0.4, 0.5) is 5.95 Å². The van der Waals surface area contributed by atoms with Gasteiger partial charge in [0.2, 0.25) is 0 Å². The van der Waals surface area contributed by atoms with Gasteiger partial charge >= 0.3 is 0 Å². The summed E-state index contributed by atoms with van der Waals surface area (Å²) in [7, 11) is 2.10. The SMILES string of the molecule is CN1CCN(c2noc(-c3cccc(O)c3)n2)CC1. The molecule has 1 aliphatic heterocycles. The lowest BCUT2D eigenvalue weighted by Crippen LogP contribution is -2.44. The van der Waals surface area contributed by atoms with Crippen molar-refractivity contribution in [3.05, 3.63) is 24.3 Å². The molecule has 1 aromatic carbocycles. The molecule has 2 aromatic rings. The van der Waals surface area contributed by atoms with Gasteiger partial charge in [-0.2, -0.15) is 4.98 Å². The van der Waals surface area contributed by atoms with E-state index < -0.39 is 0 Å². The predicted molar refractivity (Wildman–Crippen MR) is 71.1 cm³/mol. The number of rotatable bonds is 2. The van der Waals surface area contributed by atoms with Gasteiger partial charge in [0.1, 0.15) is 5.75 Å². The van der Waals surface area contributed by atoms with Crippen molar-refractivity contribution in [2.24, 2.45) is 0 Å². The summed E-state index contributed by atoms with van der Waals surface area (Å²) in [6.07, 6.45) is 0. The van der Waals surface area contributed by atoms with E-state index in [-0.39, 0.29) is 5.75 Å². The molecule has 1 N–H and O–H groups in total. The van der Waals surface area contributed by atoms with E-state index in [1.165, 1.54) is 0 Å². The summed E-state index contributed by atoms with van der Waals surface area (Å²) in [5, 5.41) is 13.5. The Morgan fingerprint density at radius 1 is 1.21 bits per heavy atom. The Bertz CT molecular complexity index is 561. The van der Waals surface area contributed by atoms with Crippen LogP contribution in [0.2, 0.25) is 0 Å². The van der Waals surface area contributed by atoms with Crippen LogP contribution in [0.15, 0.2) is 28.8 Å². The zero-order chi connectivity index (χ0) is 13.2. The van der Waals surface area contributed by atoms with Crippen molar-refractivity contribution in [1.82, 2.24) is 15.0 Å². The molecule has 1 saturated heterocycles. The first-order valence-corrected chi connectivity index (χ1v) is 6.29. The van der Waals surface area contributed by atoms with Gasteiger partial charge in [0.05, 0.1) is 0 Å². The first kappa shape index (κ1) is 12.0. The third-order valence-corrected chi connectivity index (χ3v) is 3.29. The largest absolute Gasteiger partial charge is 0.508 e. The molecule has 2 heterocycles. The molecule has 1 fully saturated rings. The van der Waals surface area contributed by atoms with Gasteiger partial charge < -0.3 is 19.4 Å². The first-order valence-electron chi connectivity index (χ1n) is 6.29. The number of anilines is 1. The fourth-order valence-electron chi connectivity index (χ4n) is 2.11. The van der Waals surface area contributed by atoms with Crippen LogP contribution in [-0.4, -0.2) is 53.4 Å². The highest BCUT2D eigenvalue weighted by atomic mass is 16.5. The average Bonchev–Trinajstić information content (AvgIpc) is 2.89. The van der Waals surface area contributed by atoms with Gasteiger partial charge in [0.25, 0.3) is 11.8 Å². The van der Waals surface area contributed by atoms with E-state index in [9.17, 15) is 5.11 Å². The summed E-state index contributed by atoms with van der Waals surface area (Å²) in [4.78, 5) is 8.77. The van der Waals surface area contributed by atoms with E-state index >= 15 is 0 Å². The van der Waals surface area contributed by atoms with Crippen molar-refractivity contribution >= 4 is 5.95 Å². The van der Waals surface area contributed by atoms with Crippen LogP contribution in [0.5, 0.6) is 5.75 Å². The summed E-state index contributed by atoms with van der Waals surface area (Å²) in [6.45, 7) is 3.79. The molecule has 3 rings (SSSR count). The molecule has 0 unspecified atom stereocenters. The van der Waals surface area contributed by atoms with Crippen molar-refractivity contribution in [3.63, 3.8) is 0 Å². The molecule has 0 bridgehead atoms. The third-order valence-electron chi connectivity index (χ3n) is 3.29. The number of nitrogens with zero attached hydrogens (tertiary/aromatic N) is 4. The second kappa shape index (κ2) is 4.89. The molecule has 0 atom stereocenters. The van der Waals surface area contributed by atoms with Gasteiger partial charge in [-0.05, 0) is 30.4 Å². The van der Waals surface area contributed by atoms with Crippen LogP contribution >= 0.6 is 0 Å². The van der Waals surface area contributed by atoms with Crippen LogP contribution in [0.25, 0.3) is 11.5 Å². The number of benzene rings is 1. The van der Waals surface area contributed by atoms with Crippen molar-refractivity contribution in [3.8, 4) is 17.2 Å². The summed E-state index contributed by atoms with van der Waals surface area (Å²) in [5.41, 5.74) is 0.730. The summed E-state index contributed by atoms with van der Waals surface area (Å²) in [5.74, 6) is 1.24. The number of phenolic OH excluding ortho intramolecular Hbond substituents is 1. The zero-order valence-corrected chi connectivity index (χ0v) is 10.8. The normalized spacial score (nSPS) is 16.8. The lowest BCUT2D eigenvalue weighted by Gasteiger charge is -2.31. The number of piperazine rings is 1. The predicted octanol–water partition coefficient (Wildman–Crippen LogP) is 1.19. The van der Waals surface area contributed by atoms with E-state index in [4.69, 9.17) is 4.52 Å². The zero-order valence-electron chi connectivity index (χ0n) is 10.8. The van der Waals surface area contributed by atoms with Crippen molar-refractivity contribution in [2.45, 2.75) is 0 Å². The van der Waals surface area contributed by atoms with Gasteiger partial charge in [-0.25, -0.2) is 0 Å². The third kappa shape index (κ3) is 2.53. The van der Waals surface area contributed by atoms with E-state index in [0.717, 1.165) is 31.7 Å². The monoisotopic (exact) mass is 260 g/mol. The number of phenols is 1. The van der Waals surface area contributed by atoms with E-state index in [1.807, 2.05) is 6.07 Å². The molecular formula is C13H16N4O2. The minimum absolute atomic E-state index is 0.192. The topological polar surface area (TPSA) is 65.6 Å². The first-order chi connectivity index (χ1) is 9.22. The summed E-state index contributed by atoms with van der Waals surface area (Å²) < 4.78 is 5.26. The van der Waals surface area contributed by atoms with Crippen LogP contribution in [0.1, 0.15) is 0 Å². The van der Waals surface area contributed by atoms with Gasteiger partial charge in [-0.15, -0.1) is 0 Å². The number of aromatic nitrogens is 2. The number of likely N-dealkylation sites (N-methyl/N-ethyl adjacent to an activating group) is 1. The molecular weight excluding hydrogens is 244 g/mol. The lowest BCUT2D eigenvalue weighted by molar-refractivity contribution is 0.309. The average molecular weight is 260 g/mol. The van der Waals surface area contributed by atoms with E-state index in [1.54, 1.807) is 18.2 Å². The smallest absolute Gasteiger partial charge is 0.266 e. The maximum absolute atomic E-state index is 9.45. The number of hydrogen-bond acceptors (Lipinski definition) is 6. The minimum Gasteiger partial charge on any atom is -0.508 e. The number of hydrogen-bond donors (Lipinski definition) is 1. The molecule has 1 aliphatic rings. The molecule has 0 radical (unpaired) electrons. The van der Waals surface area contributed by atoms with E-state index in [0.29, 0.717) is 11.8 Å². The van der Waals surface area contributed by atoms with Crippen molar-refractivity contribution < 1.29 is 9.63 Å². The van der Waals surface area contributed by atoms with Gasteiger partial charge in [0.15, 0.2) is 0 Å². The van der Waals surface area contributed by atoms with Crippen LogP contribution < -0.4 is 4.90 Å². The molecule has 0 amide bonds. The highest BCUT2D eigenvalue weighted by Crippen LogP contribution is 2.23. The fraction of sp³-hybridized carbons (Fsp3) is 0.385. The van der Waals surface area contributed by atoms with Crippen molar-refractivity contribution in [2.75, 3.05) is 38.1 Å². The molecule has 0 spiro atoms. The second-order valence-electron chi connectivity index (χ2n) is 4.74. The Morgan fingerprint density at radius 3 is 2.74 bits per heavy atom. The Kier molecular flexibility index (Phi) is 3.08. The van der Waals surface area contributed by atoms with Crippen LogP contribution in [0.3, 0.4) is 0 Å². The molecule has 6 nitrogen and oxygen atoms in total. The molecule has 1 aromatic heterocycles. The molecule has 6 heteroatoms. The second-order valence-corrected chi connectivity index (χ2v) is 4.74. The van der Waals surface area contributed by atoms with Gasteiger partial charge in [0, 0.05) is 31.7 Å². The quantitative estimate of drug-likeness (QED) is 0.875. The lowest BCUT2D eigenvalue weighted by atomic mass is 10.2. The standard InChI is InChI=1S/C13H16N4O2/c1-16-5-7-17(8-6-16)13-14-12(19-15-13)10-3-2-4-11(18)9-10/h2-4,9,18H,5-8H2,1H3. The molecule has 0 saturated carbocycles. The summed E-state index contributed by atoms with van der Waals surface area (Å²) in [6, 6.07) is 6.81. The Morgan fingerprint density at radius 2 is 2.00 bits per heavy atom. The van der Waals surface area contributed by atoms with Crippen LogP contribution in [0, 0.1) is 0 Å². The maximum atomic E-state index is 9.45.